The summed E-state index contributed by atoms with van der Waals surface area (Å²) in [5.74, 6) is 0. The Hall–Kier alpha value is 0.485. The van der Waals surface area contributed by atoms with Crippen molar-refractivity contribution in [2.75, 3.05) is 0 Å². The SMILES string of the molecule is FN1[B]N[B]N(Br)[B]1. The highest BCUT2D eigenvalue weighted by atomic mass is 79.9. The van der Waals surface area contributed by atoms with Gasteiger partial charge in [0.2, 0.25) is 0 Å². The van der Waals surface area contributed by atoms with Gasteiger partial charge in [0.1, 0.15) is 0 Å². The van der Waals surface area contributed by atoms with Gasteiger partial charge in [-0.25, -0.2) is 4.94 Å². The molecule has 1 aliphatic rings. The minimum atomic E-state index is 0.398. The van der Waals surface area contributed by atoms with Crippen LogP contribution in [0, 0.1) is 0 Å². The third-order valence-electron chi connectivity index (χ3n) is 0.616. The van der Waals surface area contributed by atoms with E-state index in [2.05, 4.69) is 21.3 Å². The molecule has 0 atom stereocenters. The zero-order valence-corrected chi connectivity index (χ0v) is 5.47. The van der Waals surface area contributed by atoms with Crippen LogP contribution in [0.25, 0.3) is 0 Å². The van der Waals surface area contributed by atoms with E-state index in [1.165, 1.54) is 18.8 Å². The minimum absolute atomic E-state index is 0.398. The molecule has 0 aromatic carbocycles. The van der Waals surface area contributed by atoms with Gasteiger partial charge in [0.15, 0.2) is 0 Å². The average molecular weight is 174 g/mol. The summed E-state index contributed by atoms with van der Waals surface area (Å²) in [6.07, 6.45) is 0. The third-order valence-corrected chi connectivity index (χ3v) is 1.00. The Kier molecular flexibility index (Phi) is 2.36. The Morgan fingerprint density at radius 2 is 2.25 bits per heavy atom. The van der Waals surface area contributed by atoms with Crippen LogP contribution < -0.4 is 5.14 Å². The van der Waals surface area contributed by atoms with Crippen molar-refractivity contribution in [1.82, 2.24) is 13.8 Å². The van der Waals surface area contributed by atoms with Crippen LogP contribution >= 0.6 is 16.1 Å². The molecule has 0 bridgehead atoms. The molecule has 3 nitrogen and oxygen atoms in total. The molecule has 1 fully saturated rings. The second-order valence-electron chi connectivity index (χ2n) is 1.23. The highest BCUT2D eigenvalue weighted by molar-refractivity contribution is 9.08. The van der Waals surface area contributed by atoms with E-state index in [0.717, 1.165) is 0 Å². The van der Waals surface area contributed by atoms with Crippen LogP contribution in [0.1, 0.15) is 0 Å². The Balaban J connectivity index is 2.23. The zero-order valence-electron chi connectivity index (χ0n) is 3.88. The molecule has 0 aromatic rings. The minimum Gasteiger partial charge on any atom is -0.377 e. The number of hydrogen-bond acceptors (Lipinski definition) is 3. The predicted octanol–water partition coefficient (Wildman–Crippen LogP) is -1.01. The molecule has 8 heteroatoms. The van der Waals surface area contributed by atoms with Crippen LogP contribution in [0.5, 0.6) is 0 Å². The van der Waals surface area contributed by atoms with Crippen molar-refractivity contribution in [2.45, 2.75) is 0 Å². The smallest absolute Gasteiger partial charge is 0.334 e. The van der Waals surface area contributed by atoms with Gasteiger partial charge in [-0.1, -0.05) is 0 Å². The molecule has 0 spiro atoms. The maximum atomic E-state index is 12.0. The Morgan fingerprint density at radius 3 is 2.62 bits per heavy atom. The first-order valence-electron chi connectivity index (χ1n) is 1.95. The van der Waals surface area contributed by atoms with Crippen LogP contribution in [0.3, 0.4) is 0 Å². The summed E-state index contributed by atoms with van der Waals surface area (Å²) in [4.78, 5) is 0.398. The van der Waals surface area contributed by atoms with E-state index >= 15 is 0 Å². The molecule has 39 valence electrons. The molecule has 0 unspecified atom stereocenters. The lowest BCUT2D eigenvalue weighted by Gasteiger charge is -2.21. The average Bonchev–Trinajstić information content (AvgIpc) is 1.64. The van der Waals surface area contributed by atoms with Gasteiger partial charge in [-0.2, -0.15) is 4.48 Å². The van der Waals surface area contributed by atoms with Crippen LogP contribution in [0.2, 0.25) is 0 Å². The molecule has 3 radical (unpaired) electrons. The number of hydrogen-bond donors (Lipinski definition) is 1. The van der Waals surface area contributed by atoms with Crippen LogP contribution in [-0.2, 0) is 0 Å². The first-order valence-corrected chi connectivity index (χ1v) is 2.66. The summed E-state index contributed by atoms with van der Waals surface area (Å²) in [6.45, 7) is 0. The molecule has 1 heterocycles. The van der Waals surface area contributed by atoms with Gasteiger partial charge in [-0.05, 0) is 16.1 Å². The third kappa shape index (κ3) is 1.77. The molecule has 0 amide bonds. The molecule has 0 aliphatic carbocycles. The van der Waals surface area contributed by atoms with Crippen LogP contribution in [-0.4, -0.2) is 31.3 Å². The summed E-state index contributed by atoms with van der Waals surface area (Å²) in [7, 11) is 3.95. The number of nitrogens with one attached hydrogen (secondary N) is 1. The van der Waals surface area contributed by atoms with Crippen molar-refractivity contribution in [1.29, 1.82) is 0 Å². The monoisotopic (exact) mass is 174 g/mol. The highest BCUT2D eigenvalue weighted by Crippen LogP contribution is 1.96. The van der Waals surface area contributed by atoms with Crippen molar-refractivity contribution in [3.05, 3.63) is 0 Å². The molecular weight excluding hydrogens is 173 g/mol. The fourth-order valence-electron chi connectivity index (χ4n) is 0.348. The first-order chi connectivity index (χ1) is 3.79. The van der Waals surface area contributed by atoms with E-state index in [0.29, 0.717) is 4.94 Å². The van der Waals surface area contributed by atoms with E-state index in [1.807, 2.05) is 0 Å². The molecular formula is HB3BrFN3. The molecule has 1 aliphatic heterocycles. The van der Waals surface area contributed by atoms with Crippen molar-refractivity contribution >= 4 is 38.8 Å². The highest BCUT2D eigenvalue weighted by Gasteiger charge is 2.19. The number of rotatable bonds is 0. The van der Waals surface area contributed by atoms with E-state index in [9.17, 15) is 4.48 Å². The molecule has 1 N–H and O–H groups in total. The Bertz CT molecular complexity index is 72.9. The fourth-order valence-corrected chi connectivity index (χ4v) is 0.641. The van der Waals surface area contributed by atoms with Gasteiger partial charge in [-0.3, -0.25) is 3.75 Å². The summed E-state index contributed by atoms with van der Waals surface area (Å²) < 4.78 is 13.4. The lowest BCUT2D eigenvalue weighted by molar-refractivity contribution is 0.251. The maximum Gasteiger partial charge on any atom is 0.334 e. The van der Waals surface area contributed by atoms with E-state index in [4.69, 9.17) is 0 Å². The maximum absolute atomic E-state index is 12.0. The summed E-state index contributed by atoms with van der Waals surface area (Å²) in [5.41, 5.74) is 0. The quantitative estimate of drug-likeness (QED) is 0.375. The summed E-state index contributed by atoms with van der Waals surface area (Å²) in [5, 5.41) is 2.53. The Morgan fingerprint density at radius 1 is 1.50 bits per heavy atom. The first kappa shape index (κ1) is 6.60. The molecule has 0 aromatic heterocycles. The normalized spacial score (nSPS) is 23.2. The fraction of sp³-hybridized carbons (Fsp3) is 0. The van der Waals surface area contributed by atoms with Crippen LogP contribution in [0.4, 0.5) is 4.48 Å². The molecule has 1 saturated heterocycles. The number of halogens is 2. The van der Waals surface area contributed by atoms with Crippen molar-refractivity contribution in [3.8, 4) is 0 Å². The standard InChI is InChI=1S/B3BrFHN3/c4-7-1-6-2-8(5)3-7/h6H. The van der Waals surface area contributed by atoms with Crippen molar-refractivity contribution in [2.24, 2.45) is 0 Å². The molecule has 0 saturated carbocycles. The molecule has 1 rings (SSSR count). The molecule has 8 heavy (non-hydrogen) atoms. The zero-order chi connectivity index (χ0) is 5.98. The Labute approximate surface area is 57.7 Å². The van der Waals surface area contributed by atoms with Gasteiger partial charge in [-0.15, -0.1) is 0 Å². The van der Waals surface area contributed by atoms with Crippen molar-refractivity contribution < 1.29 is 4.48 Å². The number of nitrogens with zero attached hydrogens (tertiary/aromatic N) is 2. The van der Waals surface area contributed by atoms with Gasteiger partial charge >= 0.3 is 15.1 Å². The van der Waals surface area contributed by atoms with Crippen LogP contribution in [0.15, 0.2) is 0 Å². The second kappa shape index (κ2) is 2.86. The largest absolute Gasteiger partial charge is 0.377 e. The topological polar surface area (TPSA) is 18.5 Å². The summed E-state index contributed by atoms with van der Waals surface area (Å²) in [6, 6.07) is 0. The van der Waals surface area contributed by atoms with Gasteiger partial charge < -0.3 is 5.14 Å². The lowest BCUT2D eigenvalue weighted by Crippen LogP contribution is -2.53. The van der Waals surface area contributed by atoms with Gasteiger partial charge in [0.25, 0.3) is 7.55 Å². The van der Waals surface area contributed by atoms with E-state index in [-0.39, 0.29) is 0 Å². The second-order valence-corrected chi connectivity index (χ2v) is 2.05. The summed E-state index contributed by atoms with van der Waals surface area (Å²) >= 11 is 2.99. The van der Waals surface area contributed by atoms with E-state index < -0.39 is 0 Å². The predicted molar refractivity (Wildman–Crippen MR) is 34.1 cm³/mol. The lowest BCUT2D eigenvalue weighted by atomic mass is 9.84. The van der Waals surface area contributed by atoms with Crippen molar-refractivity contribution in [3.63, 3.8) is 0 Å². The van der Waals surface area contributed by atoms with Gasteiger partial charge in [0.05, 0.1) is 0 Å². The van der Waals surface area contributed by atoms with E-state index in [1.54, 1.807) is 7.55 Å². The van der Waals surface area contributed by atoms with Gasteiger partial charge in [0, 0.05) is 0 Å².